The van der Waals surface area contributed by atoms with E-state index < -0.39 is 0 Å². The minimum Gasteiger partial charge on any atom is -0.356 e. The maximum atomic E-state index is 13.1. The highest BCUT2D eigenvalue weighted by molar-refractivity contribution is 5.75. The normalized spacial score (nSPS) is 13.8. The lowest BCUT2D eigenvalue weighted by Gasteiger charge is -2.31. The molecule has 2 heterocycles. The maximum absolute atomic E-state index is 13.1. The fourth-order valence-electron chi connectivity index (χ4n) is 2.92. The van der Waals surface area contributed by atoms with E-state index in [2.05, 4.69) is 5.16 Å². The number of urea groups is 1. The molecule has 1 aliphatic rings. The van der Waals surface area contributed by atoms with Gasteiger partial charge in [0.15, 0.2) is 5.76 Å². The number of hydrogen-bond acceptors (Lipinski definition) is 3. The van der Waals surface area contributed by atoms with Crippen LogP contribution in [0, 0.1) is 5.82 Å². The van der Waals surface area contributed by atoms with Gasteiger partial charge in [0.05, 0.1) is 6.54 Å². The Hall–Kier alpha value is -2.37. The summed E-state index contributed by atoms with van der Waals surface area (Å²) in [5.41, 5.74) is 2.61. The smallest absolute Gasteiger partial charge is 0.320 e. The van der Waals surface area contributed by atoms with Crippen LogP contribution in [-0.2, 0) is 13.0 Å². The monoisotopic (exact) mass is 317 g/mol. The van der Waals surface area contributed by atoms with Crippen LogP contribution in [0.15, 0.2) is 28.8 Å². The first-order valence-corrected chi connectivity index (χ1v) is 7.91. The molecule has 0 saturated carbocycles. The van der Waals surface area contributed by atoms with Crippen molar-refractivity contribution >= 4 is 6.03 Å². The zero-order chi connectivity index (χ0) is 16.4. The van der Waals surface area contributed by atoms with Crippen molar-refractivity contribution in [3.05, 3.63) is 41.3 Å². The van der Waals surface area contributed by atoms with Crippen LogP contribution in [0.25, 0.3) is 11.3 Å². The van der Waals surface area contributed by atoms with Crippen molar-refractivity contribution in [2.75, 3.05) is 19.6 Å². The molecule has 0 saturated heterocycles. The van der Waals surface area contributed by atoms with E-state index in [1.54, 1.807) is 21.9 Å². The summed E-state index contributed by atoms with van der Waals surface area (Å²) in [6.07, 6.45) is 0.693. The summed E-state index contributed by atoms with van der Waals surface area (Å²) >= 11 is 0. The number of rotatable bonds is 3. The van der Waals surface area contributed by atoms with Gasteiger partial charge in [-0.15, -0.1) is 0 Å². The number of amides is 2. The highest BCUT2D eigenvalue weighted by Gasteiger charge is 2.28. The number of halogens is 1. The summed E-state index contributed by atoms with van der Waals surface area (Å²) in [5, 5.41) is 4.12. The van der Waals surface area contributed by atoms with Gasteiger partial charge in [-0.1, -0.05) is 5.16 Å². The zero-order valence-electron chi connectivity index (χ0n) is 13.4. The molecule has 0 bridgehead atoms. The van der Waals surface area contributed by atoms with Crippen molar-refractivity contribution in [3.63, 3.8) is 0 Å². The van der Waals surface area contributed by atoms with Crippen molar-refractivity contribution in [3.8, 4) is 11.3 Å². The van der Waals surface area contributed by atoms with Crippen molar-refractivity contribution in [1.82, 2.24) is 15.0 Å². The van der Waals surface area contributed by atoms with E-state index in [9.17, 15) is 9.18 Å². The number of carbonyl (C=O) groups excluding carboxylic acids is 1. The average molecular weight is 317 g/mol. The van der Waals surface area contributed by atoms with Gasteiger partial charge in [0.1, 0.15) is 11.5 Å². The fraction of sp³-hybridized carbons (Fsp3) is 0.412. The first-order chi connectivity index (χ1) is 11.1. The predicted octanol–water partition coefficient (Wildman–Crippen LogP) is 3.30. The first-order valence-electron chi connectivity index (χ1n) is 7.91. The van der Waals surface area contributed by atoms with E-state index >= 15 is 0 Å². The molecular weight excluding hydrogens is 297 g/mol. The van der Waals surface area contributed by atoms with Crippen LogP contribution < -0.4 is 0 Å². The summed E-state index contributed by atoms with van der Waals surface area (Å²) in [6, 6.07) is 6.21. The van der Waals surface area contributed by atoms with Crippen molar-refractivity contribution in [1.29, 1.82) is 0 Å². The van der Waals surface area contributed by atoms with Gasteiger partial charge in [-0.05, 0) is 44.5 Å². The van der Waals surface area contributed by atoms with Gasteiger partial charge in [-0.3, -0.25) is 0 Å². The molecule has 3 rings (SSSR count). The van der Waals surface area contributed by atoms with Crippen LogP contribution in [0.2, 0.25) is 0 Å². The summed E-state index contributed by atoms with van der Waals surface area (Å²) in [6.45, 7) is 6.42. The lowest BCUT2D eigenvalue weighted by Crippen LogP contribution is -2.45. The predicted molar refractivity (Wildman–Crippen MR) is 84.3 cm³/mol. The van der Waals surface area contributed by atoms with Gasteiger partial charge in [0, 0.05) is 30.8 Å². The van der Waals surface area contributed by atoms with Gasteiger partial charge in [-0.25, -0.2) is 9.18 Å². The molecule has 1 aliphatic heterocycles. The Morgan fingerprint density at radius 3 is 2.65 bits per heavy atom. The SMILES string of the molecule is CCN(CC)C(=O)N1CCc2c(noc2-c2ccc(F)cc2)C1. The van der Waals surface area contributed by atoms with E-state index in [0.29, 0.717) is 38.4 Å². The van der Waals surface area contributed by atoms with E-state index in [1.807, 2.05) is 13.8 Å². The molecule has 23 heavy (non-hydrogen) atoms. The molecule has 0 N–H and O–H groups in total. The number of benzene rings is 1. The second kappa shape index (κ2) is 6.40. The van der Waals surface area contributed by atoms with E-state index in [1.165, 1.54) is 12.1 Å². The fourth-order valence-corrected chi connectivity index (χ4v) is 2.92. The second-order valence-electron chi connectivity index (χ2n) is 5.57. The largest absolute Gasteiger partial charge is 0.356 e. The molecule has 2 amide bonds. The Morgan fingerprint density at radius 2 is 2.00 bits per heavy atom. The molecule has 0 spiro atoms. The molecule has 0 aliphatic carbocycles. The highest BCUT2D eigenvalue weighted by Crippen LogP contribution is 2.30. The molecule has 5 nitrogen and oxygen atoms in total. The van der Waals surface area contributed by atoms with E-state index in [4.69, 9.17) is 4.52 Å². The molecule has 6 heteroatoms. The Balaban J connectivity index is 1.81. The minimum atomic E-state index is -0.280. The van der Waals surface area contributed by atoms with Crippen molar-refractivity contribution in [2.24, 2.45) is 0 Å². The van der Waals surface area contributed by atoms with Crippen LogP contribution in [0.3, 0.4) is 0 Å². The summed E-state index contributed by atoms with van der Waals surface area (Å²) < 4.78 is 18.5. The molecule has 1 aromatic carbocycles. The Labute approximate surface area is 134 Å². The lowest BCUT2D eigenvalue weighted by atomic mass is 10.0. The molecule has 0 fully saturated rings. The summed E-state index contributed by atoms with van der Waals surface area (Å²) in [4.78, 5) is 16.0. The van der Waals surface area contributed by atoms with Crippen LogP contribution in [-0.4, -0.2) is 40.6 Å². The molecule has 0 unspecified atom stereocenters. The number of hydrogen-bond donors (Lipinski definition) is 0. The van der Waals surface area contributed by atoms with Gasteiger partial charge >= 0.3 is 6.03 Å². The summed E-state index contributed by atoms with van der Waals surface area (Å²) in [5.74, 6) is 0.396. The van der Waals surface area contributed by atoms with Crippen molar-refractivity contribution in [2.45, 2.75) is 26.8 Å². The Bertz CT molecular complexity index is 692. The molecule has 0 atom stereocenters. The van der Waals surface area contributed by atoms with Crippen LogP contribution in [0.1, 0.15) is 25.1 Å². The quantitative estimate of drug-likeness (QED) is 0.873. The minimum absolute atomic E-state index is 0.0342. The molecule has 0 radical (unpaired) electrons. The highest BCUT2D eigenvalue weighted by atomic mass is 19.1. The molecule has 2 aromatic rings. The summed E-state index contributed by atoms with van der Waals surface area (Å²) in [7, 11) is 0. The van der Waals surface area contributed by atoms with E-state index in [0.717, 1.165) is 16.8 Å². The number of fused-ring (bicyclic) bond motifs is 1. The third-order valence-corrected chi connectivity index (χ3v) is 4.25. The Morgan fingerprint density at radius 1 is 1.30 bits per heavy atom. The van der Waals surface area contributed by atoms with Crippen LogP contribution >= 0.6 is 0 Å². The number of carbonyl (C=O) groups is 1. The topological polar surface area (TPSA) is 49.6 Å². The van der Waals surface area contributed by atoms with E-state index in [-0.39, 0.29) is 11.8 Å². The second-order valence-corrected chi connectivity index (χ2v) is 5.57. The van der Waals surface area contributed by atoms with Crippen molar-refractivity contribution < 1.29 is 13.7 Å². The zero-order valence-corrected chi connectivity index (χ0v) is 13.4. The third-order valence-electron chi connectivity index (χ3n) is 4.25. The van der Waals surface area contributed by atoms with Gasteiger partial charge < -0.3 is 14.3 Å². The van der Waals surface area contributed by atoms with Crippen LogP contribution in [0.4, 0.5) is 9.18 Å². The van der Waals surface area contributed by atoms with Gasteiger partial charge in [0.25, 0.3) is 0 Å². The molecular formula is C17H20FN3O2. The molecule has 122 valence electrons. The number of aromatic nitrogens is 1. The van der Waals surface area contributed by atoms with Crippen LogP contribution in [0.5, 0.6) is 0 Å². The third kappa shape index (κ3) is 2.93. The lowest BCUT2D eigenvalue weighted by molar-refractivity contribution is 0.151. The number of nitrogens with zero attached hydrogens (tertiary/aromatic N) is 3. The molecule has 1 aromatic heterocycles. The average Bonchev–Trinajstić information content (AvgIpc) is 2.99. The standard InChI is InChI=1S/C17H20FN3O2/c1-3-20(4-2)17(22)21-10-9-14-15(11-21)19-23-16(14)12-5-7-13(18)8-6-12/h5-8H,3-4,9-11H2,1-2H3. The van der Waals surface area contributed by atoms with Gasteiger partial charge in [-0.2, -0.15) is 0 Å². The van der Waals surface area contributed by atoms with Gasteiger partial charge in [0.2, 0.25) is 0 Å². The Kier molecular flexibility index (Phi) is 4.32. The first kappa shape index (κ1) is 15.5. The maximum Gasteiger partial charge on any atom is 0.320 e.